The summed E-state index contributed by atoms with van der Waals surface area (Å²) in [6.07, 6.45) is 0.674. The first-order valence-corrected chi connectivity index (χ1v) is 7.17. The lowest BCUT2D eigenvalue weighted by Gasteiger charge is -2.23. The van der Waals surface area contributed by atoms with Gasteiger partial charge >= 0.3 is 12.0 Å². The number of amides is 3. The van der Waals surface area contributed by atoms with Crippen LogP contribution >= 0.6 is 0 Å². The molecule has 122 valence electrons. The van der Waals surface area contributed by atoms with Crippen LogP contribution in [-0.4, -0.2) is 42.6 Å². The van der Waals surface area contributed by atoms with Gasteiger partial charge in [-0.05, 0) is 18.8 Å². The third-order valence-corrected chi connectivity index (χ3v) is 2.73. The summed E-state index contributed by atoms with van der Waals surface area (Å²) in [5.74, 6) is -1.68. The van der Waals surface area contributed by atoms with Crippen LogP contribution in [-0.2, 0) is 9.59 Å². The second-order valence-electron chi connectivity index (χ2n) is 6.14. The molecular formula is C14H27N3O4. The van der Waals surface area contributed by atoms with E-state index in [-0.39, 0.29) is 30.8 Å². The smallest absolute Gasteiger partial charge is 0.314 e. The van der Waals surface area contributed by atoms with Gasteiger partial charge in [0.2, 0.25) is 5.91 Å². The fourth-order valence-corrected chi connectivity index (χ4v) is 1.84. The zero-order chi connectivity index (χ0) is 16.5. The summed E-state index contributed by atoms with van der Waals surface area (Å²) in [5, 5.41) is 16.8. The van der Waals surface area contributed by atoms with Crippen LogP contribution < -0.4 is 16.0 Å². The van der Waals surface area contributed by atoms with E-state index in [9.17, 15) is 14.4 Å². The van der Waals surface area contributed by atoms with E-state index in [0.29, 0.717) is 13.0 Å². The third-order valence-electron chi connectivity index (χ3n) is 2.73. The van der Waals surface area contributed by atoms with Crippen molar-refractivity contribution in [1.29, 1.82) is 0 Å². The molecule has 0 fully saturated rings. The number of nitrogens with one attached hydrogen (secondary N) is 3. The maximum Gasteiger partial charge on any atom is 0.314 e. The van der Waals surface area contributed by atoms with Crippen molar-refractivity contribution in [2.75, 3.05) is 19.6 Å². The van der Waals surface area contributed by atoms with Crippen molar-refractivity contribution in [3.63, 3.8) is 0 Å². The van der Waals surface area contributed by atoms with E-state index < -0.39 is 17.9 Å². The summed E-state index contributed by atoms with van der Waals surface area (Å²) in [7, 11) is 0. The molecule has 0 aromatic rings. The molecule has 0 saturated heterocycles. The Balaban J connectivity index is 4.03. The van der Waals surface area contributed by atoms with Crippen LogP contribution in [0.5, 0.6) is 0 Å². The fourth-order valence-electron chi connectivity index (χ4n) is 1.84. The molecular weight excluding hydrogens is 274 g/mol. The molecule has 7 nitrogen and oxygen atoms in total. The Labute approximate surface area is 125 Å². The van der Waals surface area contributed by atoms with Crippen molar-refractivity contribution in [1.82, 2.24) is 16.0 Å². The van der Waals surface area contributed by atoms with Crippen LogP contribution in [0.25, 0.3) is 0 Å². The topological polar surface area (TPSA) is 108 Å². The molecule has 0 heterocycles. The van der Waals surface area contributed by atoms with Crippen molar-refractivity contribution in [2.24, 2.45) is 11.3 Å². The molecule has 1 unspecified atom stereocenters. The highest BCUT2D eigenvalue weighted by Crippen LogP contribution is 2.24. The molecule has 3 amide bonds. The minimum atomic E-state index is -0.924. The molecule has 21 heavy (non-hydrogen) atoms. The number of carbonyl (C=O) groups excluding carboxylic acids is 2. The molecule has 0 aromatic carbocycles. The predicted molar refractivity (Wildman–Crippen MR) is 79.9 cm³/mol. The zero-order valence-corrected chi connectivity index (χ0v) is 13.3. The normalized spacial score (nSPS) is 12.4. The summed E-state index contributed by atoms with van der Waals surface area (Å²) in [4.78, 5) is 33.8. The van der Waals surface area contributed by atoms with Gasteiger partial charge in [-0.25, -0.2) is 4.79 Å². The fraction of sp³-hybridized carbons (Fsp3) is 0.786. The number of urea groups is 1. The molecule has 0 aliphatic heterocycles. The molecule has 0 aliphatic rings. The van der Waals surface area contributed by atoms with Gasteiger partial charge in [0.15, 0.2) is 0 Å². The summed E-state index contributed by atoms with van der Waals surface area (Å²) < 4.78 is 0. The average molecular weight is 301 g/mol. The number of hydrogen-bond donors (Lipinski definition) is 4. The van der Waals surface area contributed by atoms with Crippen LogP contribution in [0.3, 0.4) is 0 Å². The molecule has 0 aliphatic carbocycles. The van der Waals surface area contributed by atoms with Crippen LogP contribution in [0.2, 0.25) is 0 Å². The Morgan fingerprint density at radius 3 is 2.19 bits per heavy atom. The van der Waals surface area contributed by atoms with Crippen molar-refractivity contribution in [3.05, 3.63) is 0 Å². The number of carboxylic acids is 1. The molecule has 0 aromatic heterocycles. The van der Waals surface area contributed by atoms with Crippen molar-refractivity contribution in [3.8, 4) is 0 Å². The molecule has 0 spiro atoms. The highest BCUT2D eigenvalue weighted by atomic mass is 16.4. The molecule has 7 heteroatoms. The lowest BCUT2D eigenvalue weighted by Crippen LogP contribution is -2.41. The summed E-state index contributed by atoms with van der Waals surface area (Å²) in [6, 6.07) is -0.459. The van der Waals surface area contributed by atoms with Crippen LogP contribution in [0.4, 0.5) is 4.79 Å². The summed E-state index contributed by atoms with van der Waals surface area (Å²) in [5.41, 5.74) is -0.126. The molecule has 0 saturated carbocycles. The standard InChI is InChI=1S/C14H27N3O4/c1-5-15-11(18)6-7-16-13(21)17-9-10(12(19)20)8-14(2,3)4/h10H,5-9H2,1-4H3,(H,15,18)(H,19,20)(H2,16,17,21). The number of hydrogen-bond acceptors (Lipinski definition) is 3. The first kappa shape index (κ1) is 19.2. The van der Waals surface area contributed by atoms with E-state index in [2.05, 4.69) is 16.0 Å². The van der Waals surface area contributed by atoms with E-state index >= 15 is 0 Å². The van der Waals surface area contributed by atoms with E-state index in [1.165, 1.54) is 0 Å². The minimum absolute atomic E-state index is 0.0690. The van der Waals surface area contributed by atoms with Gasteiger partial charge in [-0.15, -0.1) is 0 Å². The average Bonchev–Trinajstić information content (AvgIpc) is 2.33. The van der Waals surface area contributed by atoms with Gasteiger partial charge in [0, 0.05) is 26.1 Å². The Bertz CT molecular complexity index is 364. The van der Waals surface area contributed by atoms with Crippen LogP contribution in [0.15, 0.2) is 0 Å². The van der Waals surface area contributed by atoms with Gasteiger partial charge < -0.3 is 21.1 Å². The molecule has 0 radical (unpaired) electrons. The zero-order valence-electron chi connectivity index (χ0n) is 13.3. The summed E-state index contributed by atoms with van der Waals surface area (Å²) >= 11 is 0. The summed E-state index contributed by atoms with van der Waals surface area (Å²) in [6.45, 7) is 8.52. The Morgan fingerprint density at radius 2 is 1.71 bits per heavy atom. The van der Waals surface area contributed by atoms with E-state index in [4.69, 9.17) is 5.11 Å². The number of aliphatic carboxylic acids is 1. The van der Waals surface area contributed by atoms with Crippen LogP contribution in [0.1, 0.15) is 40.5 Å². The molecule has 4 N–H and O–H groups in total. The van der Waals surface area contributed by atoms with Gasteiger partial charge in [0.25, 0.3) is 0 Å². The van der Waals surface area contributed by atoms with Crippen LogP contribution in [0, 0.1) is 11.3 Å². The second kappa shape index (κ2) is 9.20. The van der Waals surface area contributed by atoms with Gasteiger partial charge in [-0.1, -0.05) is 20.8 Å². The quantitative estimate of drug-likeness (QED) is 0.535. The predicted octanol–water partition coefficient (Wildman–Crippen LogP) is 0.949. The van der Waals surface area contributed by atoms with E-state index in [0.717, 1.165) is 0 Å². The number of carboxylic acid groups (broad SMARTS) is 1. The monoisotopic (exact) mass is 301 g/mol. The lowest BCUT2D eigenvalue weighted by molar-refractivity contribution is -0.142. The Morgan fingerprint density at radius 1 is 1.10 bits per heavy atom. The highest BCUT2D eigenvalue weighted by molar-refractivity contribution is 5.78. The lowest BCUT2D eigenvalue weighted by atomic mass is 9.84. The number of carbonyl (C=O) groups is 3. The maximum absolute atomic E-state index is 11.5. The molecule has 0 rings (SSSR count). The minimum Gasteiger partial charge on any atom is -0.481 e. The maximum atomic E-state index is 11.5. The highest BCUT2D eigenvalue weighted by Gasteiger charge is 2.24. The van der Waals surface area contributed by atoms with Gasteiger partial charge in [-0.3, -0.25) is 9.59 Å². The first-order chi connectivity index (χ1) is 9.65. The van der Waals surface area contributed by atoms with E-state index in [1.54, 1.807) is 0 Å². The van der Waals surface area contributed by atoms with E-state index in [1.807, 2.05) is 27.7 Å². The Kier molecular flexibility index (Phi) is 8.42. The van der Waals surface area contributed by atoms with Crippen molar-refractivity contribution < 1.29 is 19.5 Å². The van der Waals surface area contributed by atoms with Crippen molar-refractivity contribution >= 4 is 17.9 Å². The second-order valence-corrected chi connectivity index (χ2v) is 6.14. The largest absolute Gasteiger partial charge is 0.481 e. The third kappa shape index (κ3) is 10.6. The van der Waals surface area contributed by atoms with Gasteiger partial charge in [-0.2, -0.15) is 0 Å². The molecule has 1 atom stereocenters. The van der Waals surface area contributed by atoms with Gasteiger partial charge in [0.1, 0.15) is 0 Å². The Hall–Kier alpha value is -1.79. The SMILES string of the molecule is CCNC(=O)CCNC(=O)NCC(CC(C)(C)C)C(=O)O. The first-order valence-electron chi connectivity index (χ1n) is 7.17. The van der Waals surface area contributed by atoms with Gasteiger partial charge in [0.05, 0.1) is 5.92 Å². The molecule has 0 bridgehead atoms. The number of rotatable bonds is 8. The van der Waals surface area contributed by atoms with Crippen molar-refractivity contribution in [2.45, 2.75) is 40.5 Å².